The molecule has 3 rings (SSSR count). The van der Waals surface area contributed by atoms with Gasteiger partial charge in [-0.25, -0.2) is 9.18 Å². The first-order chi connectivity index (χ1) is 13.5. The van der Waals surface area contributed by atoms with Gasteiger partial charge in [-0.1, -0.05) is 12.2 Å². The first-order valence-corrected chi connectivity index (χ1v) is 9.21. The average molecular weight is 404 g/mol. The first kappa shape index (κ1) is 19.9. The zero-order valence-electron chi connectivity index (χ0n) is 15.4. The van der Waals surface area contributed by atoms with Crippen molar-refractivity contribution in [3.63, 3.8) is 0 Å². The summed E-state index contributed by atoms with van der Waals surface area (Å²) in [5.74, 6) is -0.502. The third-order valence-corrected chi connectivity index (χ3v) is 5.01. The normalized spacial score (nSPS) is 13.9. The largest absolute Gasteiger partial charge is 0.493 e. The molecule has 0 saturated carbocycles. The third-order valence-electron chi connectivity index (χ3n) is 4.52. The number of rotatable bonds is 6. The summed E-state index contributed by atoms with van der Waals surface area (Å²) in [7, 11) is 1.50. The summed E-state index contributed by atoms with van der Waals surface area (Å²) < 4.78 is 23.6. The number of piperazine rings is 1. The third kappa shape index (κ3) is 4.69. The van der Waals surface area contributed by atoms with Crippen molar-refractivity contribution in [2.75, 3.05) is 44.8 Å². The minimum atomic E-state index is -1.05. The minimum absolute atomic E-state index is 0.242. The van der Waals surface area contributed by atoms with Crippen LogP contribution in [0.25, 0.3) is 0 Å². The van der Waals surface area contributed by atoms with Crippen molar-refractivity contribution in [2.24, 2.45) is 0 Å². The molecule has 1 N–H and O–H groups in total. The molecular weight excluding hydrogens is 383 g/mol. The lowest BCUT2D eigenvalue weighted by molar-refractivity contribution is -0.139. The van der Waals surface area contributed by atoms with Crippen molar-refractivity contribution >= 4 is 28.9 Å². The fourth-order valence-corrected chi connectivity index (χ4v) is 3.37. The highest BCUT2D eigenvalue weighted by molar-refractivity contribution is 7.80. The van der Waals surface area contributed by atoms with E-state index in [4.69, 9.17) is 26.8 Å². The van der Waals surface area contributed by atoms with Crippen LogP contribution in [0.1, 0.15) is 5.56 Å². The van der Waals surface area contributed by atoms with Crippen molar-refractivity contribution in [2.45, 2.75) is 0 Å². The maximum atomic E-state index is 13.1. The average Bonchev–Trinajstić information content (AvgIpc) is 2.72. The molecule has 1 saturated heterocycles. The van der Waals surface area contributed by atoms with Crippen LogP contribution >= 0.6 is 12.2 Å². The predicted molar refractivity (Wildman–Crippen MR) is 108 cm³/mol. The SMILES string of the molecule is COc1cc(C(=S)N2CCN(c3ccc(F)cc3)CC2)ccc1OCC(=O)O. The summed E-state index contributed by atoms with van der Waals surface area (Å²) in [6, 6.07) is 11.7. The number of thiocarbonyl (C=S) groups is 1. The van der Waals surface area contributed by atoms with E-state index in [1.807, 2.05) is 0 Å². The monoisotopic (exact) mass is 404 g/mol. The number of carbonyl (C=O) groups is 1. The van der Waals surface area contributed by atoms with Crippen LogP contribution in [0.3, 0.4) is 0 Å². The highest BCUT2D eigenvalue weighted by atomic mass is 32.1. The minimum Gasteiger partial charge on any atom is -0.493 e. The van der Waals surface area contributed by atoms with Crippen LogP contribution in [0.2, 0.25) is 0 Å². The van der Waals surface area contributed by atoms with Crippen LogP contribution in [0.4, 0.5) is 10.1 Å². The molecule has 1 aliphatic heterocycles. The molecule has 6 nitrogen and oxygen atoms in total. The summed E-state index contributed by atoms with van der Waals surface area (Å²) in [4.78, 5) is 15.7. The van der Waals surface area contributed by atoms with E-state index in [9.17, 15) is 9.18 Å². The number of ether oxygens (including phenoxy) is 2. The maximum Gasteiger partial charge on any atom is 0.341 e. The van der Waals surface area contributed by atoms with E-state index in [0.29, 0.717) is 16.5 Å². The van der Waals surface area contributed by atoms with Gasteiger partial charge in [0.05, 0.1) is 7.11 Å². The predicted octanol–water partition coefficient (Wildman–Crippen LogP) is 2.80. The Bertz CT molecular complexity index is 852. The first-order valence-electron chi connectivity index (χ1n) is 8.80. The van der Waals surface area contributed by atoms with Crippen LogP contribution < -0.4 is 14.4 Å². The van der Waals surface area contributed by atoms with Crippen molar-refractivity contribution in [3.8, 4) is 11.5 Å². The lowest BCUT2D eigenvalue weighted by atomic mass is 10.1. The molecule has 0 amide bonds. The Kier molecular flexibility index (Phi) is 6.30. The van der Waals surface area contributed by atoms with E-state index in [1.54, 1.807) is 30.3 Å². The zero-order chi connectivity index (χ0) is 20.1. The highest BCUT2D eigenvalue weighted by Crippen LogP contribution is 2.29. The van der Waals surface area contributed by atoms with Crippen molar-refractivity contribution < 1.29 is 23.8 Å². The van der Waals surface area contributed by atoms with Crippen LogP contribution in [0.15, 0.2) is 42.5 Å². The Morgan fingerprint density at radius 3 is 2.39 bits per heavy atom. The molecule has 0 radical (unpaired) electrons. The van der Waals surface area contributed by atoms with Gasteiger partial charge >= 0.3 is 5.97 Å². The van der Waals surface area contributed by atoms with E-state index in [0.717, 1.165) is 37.4 Å². The van der Waals surface area contributed by atoms with Crippen molar-refractivity contribution in [1.82, 2.24) is 4.90 Å². The molecule has 8 heteroatoms. The fourth-order valence-electron chi connectivity index (χ4n) is 3.06. The molecule has 2 aromatic carbocycles. The Morgan fingerprint density at radius 1 is 1.11 bits per heavy atom. The molecule has 1 heterocycles. The van der Waals surface area contributed by atoms with Crippen LogP contribution in [-0.2, 0) is 4.79 Å². The molecule has 0 aliphatic carbocycles. The Labute approximate surface area is 168 Å². The van der Waals surface area contributed by atoms with Crippen LogP contribution in [0.5, 0.6) is 11.5 Å². The lowest BCUT2D eigenvalue weighted by Crippen LogP contribution is -2.48. The van der Waals surface area contributed by atoms with E-state index >= 15 is 0 Å². The van der Waals surface area contributed by atoms with Gasteiger partial charge in [0.25, 0.3) is 0 Å². The van der Waals surface area contributed by atoms with E-state index in [2.05, 4.69) is 9.80 Å². The number of nitrogens with zero attached hydrogens (tertiary/aromatic N) is 2. The van der Waals surface area contributed by atoms with E-state index in [1.165, 1.54) is 19.2 Å². The highest BCUT2D eigenvalue weighted by Gasteiger charge is 2.21. The molecule has 28 heavy (non-hydrogen) atoms. The topological polar surface area (TPSA) is 62.2 Å². The number of benzene rings is 2. The molecule has 0 bridgehead atoms. The lowest BCUT2D eigenvalue weighted by Gasteiger charge is -2.37. The number of hydrogen-bond donors (Lipinski definition) is 1. The number of carboxylic acids is 1. The molecule has 0 aromatic heterocycles. The molecule has 148 valence electrons. The summed E-state index contributed by atoms with van der Waals surface area (Å²) in [5.41, 5.74) is 1.80. The molecule has 0 atom stereocenters. The van der Waals surface area contributed by atoms with E-state index < -0.39 is 12.6 Å². The number of methoxy groups -OCH3 is 1. The number of halogens is 1. The van der Waals surface area contributed by atoms with Crippen LogP contribution in [0, 0.1) is 5.82 Å². The van der Waals surface area contributed by atoms with Gasteiger partial charge in [-0.15, -0.1) is 0 Å². The summed E-state index contributed by atoms with van der Waals surface area (Å²) in [5, 5.41) is 8.75. The Balaban J connectivity index is 1.64. The number of anilines is 1. The van der Waals surface area contributed by atoms with Gasteiger partial charge in [-0.05, 0) is 42.5 Å². The Morgan fingerprint density at radius 2 is 1.79 bits per heavy atom. The molecule has 2 aromatic rings. The second-order valence-corrected chi connectivity index (χ2v) is 6.69. The van der Waals surface area contributed by atoms with E-state index in [-0.39, 0.29) is 5.82 Å². The van der Waals surface area contributed by atoms with Gasteiger partial charge in [0.1, 0.15) is 10.8 Å². The molecule has 0 unspecified atom stereocenters. The van der Waals surface area contributed by atoms with Crippen molar-refractivity contribution in [3.05, 3.63) is 53.8 Å². The van der Waals surface area contributed by atoms with Gasteiger partial charge in [0.2, 0.25) is 0 Å². The molecule has 1 aliphatic rings. The second-order valence-electron chi connectivity index (χ2n) is 6.30. The number of hydrogen-bond acceptors (Lipinski definition) is 5. The van der Waals surface area contributed by atoms with Gasteiger partial charge in [-0.2, -0.15) is 0 Å². The zero-order valence-corrected chi connectivity index (χ0v) is 16.2. The van der Waals surface area contributed by atoms with Gasteiger partial charge in [0, 0.05) is 37.4 Å². The molecule has 1 fully saturated rings. The quantitative estimate of drug-likeness (QED) is 0.743. The standard InChI is InChI=1S/C20H21FN2O4S/c1-26-18-12-14(2-7-17(18)27-13-19(24)25)20(28)23-10-8-22(9-11-23)16-5-3-15(21)4-6-16/h2-7,12H,8-11,13H2,1H3,(H,24,25). The molecular formula is C20H21FN2O4S. The number of carboxylic acid groups (broad SMARTS) is 1. The van der Waals surface area contributed by atoms with Gasteiger partial charge in [-0.3, -0.25) is 0 Å². The van der Waals surface area contributed by atoms with Crippen LogP contribution in [-0.4, -0.2) is 60.9 Å². The summed E-state index contributed by atoms with van der Waals surface area (Å²) in [6.07, 6.45) is 0. The number of aliphatic carboxylic acids is 1. The molecule has 0 spiro atoms. The Hall–Kier alpha value is -2.87. The summed E-state index contributed by atoms with van der Waals surface area (Å²) in [6.45, 7) is 2.61. The fraction of sp³-hybridized carbons (Fsp3) is 0.300. The summed E-state index contributed by atoms with van der Waals surface area (Å²) >= 11 is 5.64. The second kappa shape index (κ2) is 8.88. The maximum absolute atomic E-state index is 13.1. The smallest absolute Gasteiger partial charge is 0.341 e. The van der Waals surface area contributed by atoms with Crippen molar-refractivity contribution in [1.29, 1.82) is 0 Å². The van der Waals surface area contributed by atoms with Gasteiger partial charge < -0.3 is 24.4 Å². The van der Waals surface area contributed by atoms with Gasteiger partial charge in [0.15, 0.2) is 18.1 Å².